The standard InChI is InChI=1S/C38H26OS2/c1-3-15-27(16-4-1)37(29-19-7-11-23-33(29)40-34-24-12-8-20-30(34)37)39-38(28-17-5-2-6-18-28)31-21-9-13-25-35(31)41-36-26-14-10-22-32(36)38/h1-26H. The Labute approximate surface area is 249 Å². The van der Waals surface area contributed by atoms with Crippen molar-refractivity contribution in [2.45, 2.75) is 30.8 Å². The molecule has 3 heteroatoms. The van der Waals surface area contributed by atoms with Gasteiger partial charge in [0, 0.05) is 41.8 Å². The fourth-order valence-electron chi connectivity index (χ4n) is 6.45. The van der Waals surface area contributed by atoms with Crippen LogP contribution in [0.2, 0.25) is 0 Å². The Morgan fingerprint density at radius 1 is 0.317 bits per heavy atom. The summed E-state index contributed by atoms with van der Waals surface area (Å²) >= 11 is 3.65. The van der Waals surface area contributed by atoms with Crippen molar-refractivity contribution in [3.8, 4) is 0 Å². The number of rotatable bonds is 4. The summed E-state index contributed by atoms with van der Waals surface area (Å²) in [7, 11) is 0. The molecule has 0 aromatic heterocycles. The Kier molecular flexibility index (Phi) is 5.92. The van der Waals surface area contributed by atoms with Gasteiger partial charge < -0.3 is 4.74 Å². The van der Waals surface area contributed by atoms with E-state index in [1.807, 2.05) is 23.5 Å². The molecular formula is C38H26OS2. The summed E-state index contributed by atoms with van der Waals surface area (Å²) in [4.78, 5) is 4.85. The summed E-state index contributed by atoms with van der Waals surface area (Å²) in [5, 5.41) is 0. The summed E-state index contributed by atoms with van der Waals surface area (Å²) < 4.78 is 8.16. The number of benzene rings is 6. The SMILES string of the molecule is c1ccc(C2(OC3(c4ccccc4)c4ccccc4Sc4ccccc43)c3ccccc3Sc3ccccc32)cc1. The van der Waals surface area contributed by atoms with E-state index in [1.54, 1.807) is 0 Å². The molecule has 8 rings (SSSR count). The summed E-state index contributed by atoms with van der Waals surface area (Å²) in [5.74, 6) is 0. The molecule has 6 aromatic rings. The average molecular weight is 563 g/mol. The van der Waals surface area contributed by atoms with Crippen molar-refractivity contribution >= 4 is 23.5 Å². The molecule has 0 N–H and O–H groups in total. The number of fused-ring (bicyclic) bond motifs is 4. The van der Waals surface area contributed by atoms with Crippen molar-refractivity contribution in [2.24, 2.45) is 0 Å². The van der Waals surface area contributed by atoms with E-state index in [0.717, 1.165) is 11.1 Å². The van der Waals surface area contributed by atoms with Crippen LogP contribution in [-0.4, -0.2) is 0 Å². The quantitative estimate of drug-likeness (QED) is 0.212. The topological polar surface area (TPSA) is 9.23 Å². The van der Waals surface area contributed by atoms with Crippen molar-refractivity contribution in [2.75, 3.05) is 0 Å². The fraction of sp³-hybridized carbons (Fsp3) is 0.0526. The first kappa shape index (κ1) is 24.8. The number of hydrogen-bond acceptors (Lipinski definition) is 3. The van der Waals surface area contributed by atoms with Gasteiger partial charge in [-0.1, -0.05) is 157 Å². The van der Waals surface area contributed by atoms with E-state index in [1.165, 1.54) is 41.8 Å². The Hall–Kier alpha value is -4.02. The predicted molar refractivity (Wildman–Crippen MR) is 168 cm³/mol. The smallest absolute Gasteiger partial charge is 0.148 e. The van der Waals surface area contributed by atoms with Gasteiger partial charge in [0.15, 0.2) is 0 Å². The number of hydrogen-bond donors (Lipinski definition) is 0. The monoisotopic (exact) mass is 562 g/mol. The largest absolute Gasteiger partial charge is 0.340 e. The van der Waals surface area contributed by atoms with Crippen LogP contribution in [-0.2, 0) is 15.9 Å². The van der Waals surface area contributed by atoms with Crippen LogP contribution in [0.3, 0.4) is 0 Å². The molecule has 0 aliphatic carbocycles. The highest BCUT2D eigenvalue weighted by Crippen LogP contribution is 2.60. The second kappa shape index (κ2) is 9.81. The molecule has 0 saturated heterocycles. The molecule has 0 bridgehead atoms. The minimum absolute atomic E-state index is 0.877. The van der Waals surface area contributed by atoms with Crippen LogP contribution >= 0.6 is 23.5 Å². The highest BCUT2D eigenvalue weighted by atomic mass is 32.2. The van der Waals surface area contributed by atoms with E-state index >= 15 is 0 Å². The lowest BCUT2D eigenvalue weighted by Gasteiger charge is -2.50. The van der Waals surface area contributed by atoms with Gasteiger partial charge in [0.2, 0.25) is 0 Å². The lowest BCUT2D eigenvalue weighted by Crippen LogP contribution is -2.46. The normalized spacial score (nSPS) is 15.6. The molecule has 6 aromatic carbocycles. The maximum atomic E-state index is 8.16. The van der Waals surface area contributed by atoms with Gasteiger partial charge in [-0.3, -0.25) is 0 Å². The van der Waals surface area contributed by atoms with Crippen molar-refractivity contribution < 1.29 is 4.74 Å². The van der Waals surface area contributed by atoms with E-state index in [0.29, 0.717) is 0 Å². The zero-order valence-corrected chi connectivity index (χ0v) is 23.9. The lowest BCUT2D eigenvalue weighted by atomic mass is 9.75. The van der Waals surface area contributed by atoms with E-state index in [9.17, 15) is 0 Å². The summed E-state index contributed by atoms with van der Waals surface area (Å²) in [5.41, 5.74) is 5.14. The molecule has 196 valence electrons. The first-order chi connectivity index (χ1) is 20.3. The molecule has 0 saturated carbocycles. The first-order valence-corrected chi connectivity index (χ1v) is 15.5. The second-order valence-electron chi connectivity index (χ2n) is 10.4. The molecule has 41 heavy (non-hydrogen) atoms. The minimum Gasteiger partial charge on any atom is -0.340 e. The van der Waals surface area contributed by atoms with Gasteiger partial charge in [-0.15, -0.1) is 0 Å². The van der Waals surface area contributed by atoms with Crippen LogP contribution < -0.4 is 0 Å². The van der Waals surface area contributed by atoms with Gasteiger partial charge in [-0.2, -0.15) is 0 Å². The Morgan fingerprint density at radius 2 is 0.585 bits per heavy atom. The third-order valence-corrected chi connectivity index (χ3v) is 10.5. The summed E-state index contributed by atoms with van der Waals surface area (Å²) in [6.07, 6.45) is 0. The average Bonchev–Trinajstić information content (AvgIpc) is 3.05. The molecule has 0 amide bonds. The van der Waals surface area contributed by atoms with Gasteiger partial charge in [-0.25, -0.2) is 0 Å². The van der Waals surface area contributed by atoms with Gasteiger partial charge in [0.05, 0.1) is 0 Å². The van der Waals surface area contributed by atoms with E-state index in [4.69, 9.17) is 4.74 Å². The van der Waals surface area contributed by atoms with Gasteiger partial charge in [-0.05, 0) is 35.4 Å². The minimum atomic E-state index is -0.877. The van der Waals surface area contributed by atoms with Crippen LogP contribution in [0.4, 0.5) is 0 Å². The van der Waals surface area contributed by atoms with Crippen LogP contribution in [0.25, 0.3) is 0 Å². The maximum Gasteiger partial charge on any atom is 0.148 e. The third kappa shape index (κ3) is 3.70. The Morgan fingerprint density at radius 3 is 0.902 bits per heavy atom. The van der Waals surface area contributed by atoms with Crippen LogP contribution in [0, 0.1) is 0 Å². The summed E-state index contributed by atoms with van der Waals surface area (Å²) in [6, 6.07) is 56.5. The van der Waals surface area contributed by atoms with E-state index < -0.39 is 11.2 Å². The van der Waals surface area contributed by atoms with Crippen LogP contribution in [0.5, 0.6) is 0 Å². The third-order valence-electron chi connectivity index (χ3n) is 8.17. The molecule has 0 unspecified atom stereocenters. The molecule has 2 heterocycles. The molecule has 0 fully saturated rings. The molecule has 0 spiro atoms. The van der Waals surface area contributed by atoms with Crippen LogP contribution in [0.1, 0.15) is 33.4 Å². The Bertz CT molecular complexity index is 1650. The fourth-order valence-corrected chi connectivity index (χ4v) is 8.80. The number of ether oxygens (including phenoxy) is 1. The first-order valence-electron chi connectivity index (χ1n) is 13.9. The van der Waals surface area contributed by atoms with Crippen molar-refractivity contribution in [3.63, 3.8) is 0 Å². The Balaban J connectivity index is 1.54. The molecule has 2 aliphatic rings. The second-order valence-corrected chi connectivity index (χ2v) is 12.6. The van der Waals surface area contributed by atoms with E-state index in [2.05, 4.69) is 158 Å². The van der Waals surface area contributed by atoms with E-state index in [-0.39, 0.29) is 0 Å². The summed E-state index contributed by atoms with van der Waals surface area (Å²) in [6.45, 7) is 0. The molecular weight excluding hydrogens is 537 g/mol. The molecule has 0 radical (unpaired) electrons. The molecule has 2 aliphatic heterocycles. The highest BCUT2D eigenvalue weighted by Gasteiger charge is 2.54. The van der Waals surface area contributed by atoms with Gasteiger partial charge in [0.25, 0.3) is 0 Å². The van der Waals surface area contributed by atoms with Crippen molar-refractivity contribution in [1.82, 2.24) is 0 Å². The lowest BCUT2D eigenvalue weighted by molar-refractivity contribution is -0.0871. The van der Waals surface area contributed by atoms with Crippen LogP contribution in [0.15, 0.2) is 177 Å². The van der Waals surface area contributed by atoms with Gasteiger partial charge >= 0.3 is 0 Å². The predicted octanol–water partition coefficient (Wildman–Crippen LogP) is 9.92. The van der Waals surface area contributed by atoms with Crippen molar-refractivity contribution in [1.29, 1.82) is 0 Å². The maximum absolute atomic E-state index is 8.16. The zero-order chi connectivity index (χ0) is 27.3. The molecule has 0 atom stereocenters. The van der Waals surface area contributed by atoms with Gasteiger partial charge in [0.1, 0.15) is 11.2 Å². The zero-order valence-electron chi connectivity index (χ0n) is 22.2. The molecule has 1 nitrogen and oxygen atoms in total. The van der Waals surface area contributed by atoms with Crippen molar-refractivity contribution in [3.05, 3.63) is 191 Å². The highest BCUT2D eigenvalue weighted by molar-refractivity contribution is 7.99.